The molecule has 0 bridgehead atoms. The topological polar surface area (TPSA) is 32.3 Å². The van der Waals surface area contributed by atoms with Gasteiger partial charge in [-0.25, -0.2) is 4.79 Å². The molecule has 0 aromatic heterocycles. The van der Waals surface area contributed by atoms with Crippen LogP contribution in [0.1, 0.15) is 56.2 Å². The fourth-order valence-electron chi connectivity index (χ4n) is 3.58. The number of benzene rings is 2. The average molecular weight is 336 g/mol. The minimum absolute atomic E-state index is 0.0324. The molecule has 1 aliphatic carbocycles. The third-order valence-electron chi connectivity index (χ3n) is 5.14. The summed E-state index contributed by atoms with van der Waals surface area (Å²) in [6.45, 7) is 2.73. The fourth-order valence-corrected chi connectivity index (χ4v) is 3.58. The Labute approximate surface area is 151 Å². The van der Waals surface area contributed by atoms with E-state index in [1.165, 1.54) is 19.3 Å². The third-order valence-corrected chi connectivity index (χ3v) is 5.14. The maximum absolute atomic E-state index is 13.0. The molecule has 1 unspecified atom stereocenters. The Morgan fingerprint density at radius 2 is 1.60 bits per heavy atom. The van der Waals surface area contributed by atoms with Crippen LogP contribution in [0.15, 0.2) is 60.7 Å². The van der Waals surface area contributed by atoms with Crippen LogP contribution < -0.4 is 5.32 Å². The summed E-state index contributed by atoms with van der Waals surface area (Å²) >= 11 is 0. The molecule has 1 N–H and O–H groups in total. The van der Waals surface area contributed by atoms with Gasteiger partial charge in [-0.05, 0) is 30.9 Å². The highest BCUT2D eigenvalue weighted by Gasteiger charge is 2.24. The molecule has 2 amide bonds. The molecular formula is C22H28N2O. The van der Waals surface area contributed by atoms with Gasteiger partial charge >= 0.3 is 6.03 Å². The van der Waals surface area contributed by atoms with Crippen molar-refractivity contribution in [3.8, 4) is 0 Å². The standard InChI is InChI=1S/C22H28N2O/c1-18(20-13-7-3-8-14-20)24(17-19-11-5-2-6-12-19)22(25)23-21-15-9-4-10-16-21/h2-3,5-8,11-14,18,21H,4,9-10,15-17H2,1H3,(H,23,25). The van der Waals surface area contributed by atoms with Gasteiger partial charge < -0.3 is 10.2 Å². The van der Waals surface area contributed by atoms with Gasteiger partial charge in [-0.1, -0.05) is 79.9 Å². The molecule has 1 fully saturated rings. The van der Waals surface area contributed by atoms with Crippen LogP contribution in [0.2, 0.25) is 0 Å². The predicted molar refractivity (Wildman–Crippen MR) is 102 cm³/mol. The number of hydrogen-bond donors (Lipinski definition) is 1. The van der Waals surface area contributed by atoms with Crippen LogP contribution in [0.25, 0.3) is 0 Å². The second-order valence-corrected chi connectivity index (χ2v) is 6.98. The Hall–Kier alpha value is -2.29. The Bertz CT molecular complexity index is 650. The largest absolute Gasteiger partial charge is 0.335 e. The zero-order chi connectivity index (χ0) is 17.5. The molecule has 3 rings (SSSR count). The van der Waals surface area contributed by atoms with E-state index in [0.717, 1.165) is 24.0 Å². The highest BCUT2D eigenvalue weighted by molar-refractivity contribution is 5.75. The first-order chi connectivity index (χ1) is 12.2. The van der Waals surface area contributed by atoms with Crippen LogP contribution in [-0.2, 0) is 6.54 Å². The second-order valence-electron chi connectivity index (χ2n) is 6.98. The molecule has 0 spiro atoms. The molecule has 1 saturated carbocycles. The van der Waals surface area contributed by atoms with Crippen molar-refractivity contribution in [3.05, 3.63) is 71.8 Å². The van der Waals surface area contributed by atoms with E-state index in [2.05, 4.69) is 36.5 Å². The lowest BCUT2D eigenvalue weighted by molar-refractivity contribution is 0.168. The van der Waals surface area contributed by atoms with Gasteiger partial charge in [-0.3, -0.25) is 0 Å². The minimum atomic E-state index is 0.0324. The van der Waals surface area contributed by atoms with Gasteiger partial charge in [0.2, 0.25) is 0 Å². The van der Waals surface area contributed by atoms with Crippen LogP contribution in [-0.4, -0.2) is 17.0 Å². The van der Waals surface area contributed by atoms with Crippen LogP contribution in [0.5, 0.6) is 0 Å². The SMILES string of the molecule is CC(c1ccccc1)N(Cc1ccccc1)C(=O)NC1CCCCC1. The highest BCUT2D eigenvalue weighted by atomic mass is 16.2. The first-order valence-corrected chi connectivity index (χ1v) is 9.40. The van der Waals surface area contributed by atoms with Gasteiger partial charge in [-0.2, -0.15) is 0 Å². The van der Waals surface area contributed by atoms with Crippen LogP contribution in [0, 0.1) is 0 Å². The van der Waals surface area contributed by atoms with Crippen molar-refractivity contribution in [1.82, 2.24) is 10.2 Å². The number of carbonyl (C=O) groups is 1. The summed E-state index contributed by atoms with van der Waals surface area (Å²) in [4.78, 5) is 15.0. The molecule has 3 heteroatoms. The zero-order valence-corrected chi connectivity index (χ0v) is 15.0. The van der Waals surface area contributed by atoms with Crippen molar-refractivity contribution in [2.75, 3.05) is 0 Å². The maximum Gasteiger partial charge on any atom is 0.318 e. The maximum atomic E-state index is 13.0. The molecule has 0 heterocycles. The van der Waals surface area contributed by atoms with Gasteiger partial charge in [0.1, 0.15) is 0 Å². The minimum Gasteiger partial charge on any atom is -0.335 e. The van der Waals surface area contributed by atoms with Crippen molar-refractivity contribution < 1.29 is 4.79 Å². The van der Waals surface area contributed by atoms with Gasteiger partial charge in [0.25, 0.3) is 0 Å². The molecule has 1 aliphatic rings. The summed E-state index contributed by atoms with van der Waals surface area (Å²) in [5, 5.41) is 3.28. The normalized spacial score (nSPS) is 16.2. The monoisotopic (exact) mass is 336 g/mol. The fraction of sp³-hybridized carbons (Fsp3) is 0.409. The van der Waals surface area contributed by atoms with E-state index < -0.39 is 0 Å². The van der Waals surface area contributed by atoms with Crippen molar-refractivity contribution in [3.63, 3.8) is 0 Å². The van der Waals surface area contributed by atoms with Crippen LogP contribution >= 0.6 is 0 Å². The Kier molecular flexibility index (Phi) is 6.10. The molecule has 2 aromatic carbocycles. The Balaban J connectivity index is 1.76. The number of carbonyl (C=O) groups excluding carboxylic acids is 1. The number of hydrogen-bond acceptors (Lipinski definition) is 1. The van der Waals surface area contributed by atoms with Gasteiger partial charge in [-0.15, -0.1) is 0 Å². The number of nitrogens with one attached hydrogen (secondary N) is 1. The van der Waals surface area contributed by atoms with Crippen LogP contribution in [0.4, 0.5) is 4.79 Å². The summed E-state index contributed by atoms with van der Waals surface area (Å²) in [6.07, 6.45) is 5.94. The summed E-state index contributed by atoms with van der Waals surface area (Å²) in [7, 11) is 0. The number of rotatable bonds is 5. The van der Waals surface area contributed by atoms with E-state index in [1.807, 2.05) is 41.3 Å². The smallest absolute Gasteiger partial charge is 0.318 e. The van der Waals surface area contributed by atoms with E-state index in [-0.39, 0.29) is 12.1 Å². The Morgan fingerprint density at radius 1 is 1.00 bits per heavy atom. The van der Waals surface area contributed by atoms with Gasteiger partial charge in [0.15, 0.2) is 0 Å². The molecule has 2 aromatic rings. The van der Waals surface area contributed by atoms with Gasteiger partial charge in [0.05, 0.1) is 6.04 Å². The van der Waals surface area contributed by atoms with Crippen molar-refractivity contribution >= 4 is 6.03 Å². The van der Waals surface area contributed by atoms with Crippen LogP contribution in [0.3, 0.4) is 0 Å². The zero-order valence-electron chi connectivity index (χ0n) is 15.0. The lowest BCUT2D eigenvalue weighted by Crippen LogP contribution is -2.46. The van der Waals surface area contributed by atoms with E-state index >= 15 is 0 Å². The number of nitrogens with zero attached hydrogens (tertiary/aromatic N) is 1. The third kappa shape index (κ3) is 4.85. The summed E-state index contributed by atoms with van der Waals surface area (Å²) in [5.74, 6) is 0. The molecule has 1 atom stereocenters. The quantitative estimate of drug-likeness (QED) is 0.790. The summed E-state index contributed by atoms with van der Waals surface area (Å²) < 4.78 is 0. The van der Waals surface area contributed by atoms with Crippen molar-refractivity contribution in [2.24, 2.45) is 0 Å². The number of amides is 2. The Morgan fingerprint density at radius 3 is 2.24 bits per heavy atom. The molecular weight excluding hydrogens is 308 g/mol. The molecule has 0 radical (unpaired) electrons. The van der Waals surface area contributed by atoms with Crippen molar-refractivity contribution in [1.29, 1.82) is 0 Å². The van der Waals surface area contributed by atoms with E-state index in [4.69, 9.17) is 0 Å². The van der Waals surface area contributed by atoms with Crippen molar-refractivity contribution in [2.45, 2.75) is 57.7 Å². The molecule has 3 nitrogen and oxygen atoms in total. The first-order valence-electron chi connectivity index (χ1n) is 9.40. The lowest BCUT2D eigenvalue weighted by Gasteiger charge is -2.33. The molecule has 0 aliphatic heterocycles. The van der Waals surface area contributed by atoms with Gasteiger partial charge in [0, 0.05) is 12.6 Å². The summed E-state index contributed by atoms with van der Waals surface area (Å²) in [6, 6.07) is 20.9. The molecule has 0 saturated heterocycles. The summed E-state index contributed by atoms with van der Waals surface area (Å²) in [5.41, 5.74) is 2.32. The first kappa shape index (κ1) is 17.5. The highest BCUT2D eigenvalue weighted by Crippen LogP contribution is 2.24. The average Bonchev–Trinajstić information content (AvgIpc) is 2.68. The molecule has 25 heavy (non-hydrogen) atoms. The van der Waals surface area contributed by atoms with E-state index in [9.17, 15) is 4.79 Å². The van der Waals surface area contributed by atoms with E-state index in [1.54, 1.807) is 0 Å². The van der Waals surface area contributed by atoms with E-state index in [0.29, 0.717) is 12.6 Å². The number of urea groups is 1. The lowest BCUT2D eigenvalue weighted by atomic mass is 9.95. The molecule has 132 valence electrons. The second kappa shape index (κ2) is 8.70. The predicted octanol–water partition coefficient (Wildman–Crippen LogP) is 5.29.